The van der Waals surface area contributed by atoms with Crippen LogP contribution in [0.15, 0.2) is 76.9 Å². The second kappa shape index (κ2) is 8.91. The minimum atomic E-state index is -0.553. The number of anilines is 1. The summed E-state index contributed by atoms with van der Waals surface area (Å²) >= 11 is 9.40. The molecule has 1 saturated heterocycles. The zero-order valence-electron chi connectivity index (χ0n) is 15.9. The Bertz CT molecular complexity index is 1210. The van der Waals surface area contributed by atoms with Gasteiger partial charge in [-0.1, -0.05) is 41.9 Å². The number of nitrogens with zero attached hydrogens (tertiary/aromatic N) is 1. The molecule has 0 atom stereocenters. The molecule has 0 unspecified atom stereocenters. The van der Waals surface area contributed by atoms with Crippen LogP contribution in [0.1, 0.15) is 11.1 Å². The van der Waals surface area contributed by atoms with Crippen LogP contribution in [0.5, 0.6) is 5.75 Å². The first-order valence-electron chi connectivity index (χ1n) is 9.21. The molecule has 1 heterocycles. The van der Waals surface area contributed by atoms with Gasteiger partial charge >= 0.3 is 6.03 Å². The number of rotatable bonds is 5. The largest absolute Gasteiger partial charge is 0.488 e. The minimum absolute atomic E-state index is 0.0782. The molecule has 1 aliphatic heterocycles. The third-order valence-electron chi connectivity index (χ3n) is 4.55. The summed E-state index contributed by atoms with van der Waals surface area (Å²) in [6, 6.07) is 17.5. The van der Waals surface area contributed by atoms with Gasteiger partial charge in [0.25, 0.3) is 5.91 Å². The van der Waals surface area contributed by atoms with Crippen molar-refractivity contribution < 1.29 is 18.7 Å². The lowest BCUT2D eigenvalue weighted by atomic mass is 10.1. The van der Waals surface area contributed by atoms with Crippen molar-refractivity contribution in [3.05, 3.63) is 98.9 Å². The Morgan fingerprint density at radius 3 is 2.61 bits per heavy atom. The smallest absolute Gasteiger partial charge is 0.333 e. The van der Waals surface area contributed by atoms with E-state index in [2.05, 4.69) is 21.2 Å². The van der Waals surface area contributed by atoms with E-state index in [4.69, 9.17) is 16.3 Å². The van der Waals surface area contributed by atoms with Crippen LogP contribution in [0, 0.1) is 5.82 Å². The molecule has 1 fully saturated rings. The maximum atomic E-state index is 13.8. The fourth-order valence-corrected chi connectivity index (χ4v) is 3.74. The van der Waals surface area contributed by atoms with Gasteiger partial charge in [0.2, 0.25) is 0 Å². The van der Waals surface area contributed by atoms with Gasteiger partial charge in [-0.25, -0.2) is 14.1 Å². The van der Waals surface area contributed by atoms with Crippen molar-refractivity contribution in [1.29, 1.82) is 0 Å². The number of imide groups is 1. The lowest BCUT2D eigenvalue weighted by Gasteiger charge is -2.11. The highest BCUT2D eigenvalue weighted by molar-refractivity contribution is 9.10. The van der Waals surface area contributed by atoms with Crippen LogP contribution in [0.3, 0.4) is 0 Å². The fourth-order valence-electron chi connectivity index (χ4n) is 3.05. The van der Waals surface area contributed by atoms with Crippen molar-refractivity contribution in [3.63, 3.8) is 0 Å². The number of nitrogens with one attached hydrogen (secondary N) is 1. The van der Waals surface area contributed by atoms with Gasteiger partial charge in [0.15, 0.2) is 0 Å². The summed E-state index contributed by atoms with van der Waals surface area (Å²) in [7, 11) is 0. The number of benzene rings is 3. The highest BCUT2D eigenvalue weighted by Crippen LogP contribution is 2.29. The normalized spacial score (nSPS) is 14.8. The van der Waals surface area contributed by atoms with E-state index >= 15 is 0 Å². The number of urea groups is 1. The first-order valence-corrected chi connectivity index (χ1v) is 10.4. The average Bonchev–Trinajstić information content (AvgIpc) is 3.01. The van der Waals surface area contributed by atoms with Gasteiger partial charge < -0.3 is 10.1 Å². The predicted octanol–water partition coefficient (Wildman–Crippen LogP) is 5.92. The number of carbonyl (C=O) groups is 2. The lowest BCUT2D eigenvalue weighted by molar-refractivity contribution is -0.113. The van der Waals surface area contributed by atoms with E-state index in [1.807, 2.05) is 0 Å². The van der Waals surface area contributed by atoms with Crippen LogP contribution in [0.4, 0.5) is 14.9 Å². The van der Waals surface area contributed by atoms with Crippen molar-refractivity contribution in [2.24, 2.45) is 0 Å². The molecule has 0 spiro atoms. The highest BCUT2D eigenvalue weighted by Gasteiger charge is 2.34. The maximum Gasteiger partial charge on any atom is 0.333 e. The number of ether oxygens (including phenoxy) is 1. The van der Waals surface area contributed by atoms with E-state index in [1.165, 1.54) is 6.07 Å². The zero-order chi connectivity index (χ0) is 22.0. The van der Waals surface area contributed by atoms with Gasteiger partial charge in [-0.15, -0.1) is 0 Å². The van der Waals surface area contributed by atoms with E-state index in [1.54, 1.807) is 66.7 Å². The third-order valence-corrected chi connectivity index (χ3v) is 5.41. The van der Waals surface area contributed by atoms with Gasteiger partial charge in [-0.2, -0.15) is 0 Å². The standard InChI is InChI=1S/C23H15BrClFN2O3/c24-18-10-14(8-9-21(18)31-13-15-4-1-2-7-19(15)26)11-20-22(29)28(23(30)27-20)17-6-3-5-16(25)12-17/h1-12H,13H2,(H,27,30)/b20-11+. The summed E-state index contributed by atoms with van der Waals surface area (Å²) in [6.07, 6.45) is 1.57. The summed E-state index contributed by atoms with van der Waals surface area (Å²) in [5, 5.41) is 3.00. The summed E-state index contributed by atoms with van der Waals surface area (Å²) in [5.74, 6) is -0.296. The van der Waals surface area contributed by atoms with Crippen LogP contribution in [0.2, 0.25) is 5.02 Å². The van der Waals surface area contributed by atoms with Crippen LogP contribution >= 0.6 is 27.5 Å². The molecule has 8 heteroatoms. The molecule has 0 aromatic heterocycles. The lowest BCUT2D eigenvalue weighted by Crippen LogP contribution is -2.30. The topological polar surface area (TPSA) is 58.6 Å². The monoisotopic (exact) mass is 500 g/mol. The van der Waals surface area contributed by atoms with Crippen molar-refractivity contribution in [1.82, 2.24) is 5.32 Å². The van der Waals surface area contributed by atoms with Gasteiger partial charge in [0.05, 0.1) is 10.2 Å². The maximum absolute atomic E-state index is 13.8. The Labute approximate surface area is 191 Å². The van der Waals surface area contributed by atoms with Gasteiger partial charge in [-0.05, 0) is 64.0 Å². The Hall–Kier alpha value is -3.16. The van der Waals surface area contributed by atoms with E-state index in [-0.39, 0.29) is 18.1 Å². The number of hydrogen-bond donors (Lipinski definition) is 1. The molecule has 4 rings (SSSR count). The average molecular weight is 502 g/mol. The van der Waals surface area contributed by atoms with E-state index in [0.29, 0.717) is 32.1 Å². The van der Waals surface area contributed by atoms with E-state index in [0.717, 1.165) is 4.90 Å². The molecule has 156 valence electrons. The number of carbonyl (C=O) groups excluding carboxylic acids is 2. The number of amides is 3. The first kappa shape index (κ1) is 21.1. The Balaban J connectivity index is 1.51. The van der Waals surface area contributed by atoms with Crippen molar-refractivity contribution in [3.8, 4) is 5.75 Å². The predicted molar refractivity (Wildman–Crippen MR) is 120 cm³/mol. The molecular weight excluding hydrogens is 487 g/mol. The van der Waals surface area contributed by atoms with Gasteiger partial charge in [0, 0.05) is 10.6 Å². The summed E-state index contributed by atoms with van der Waals surface area (Å²) in [5.41, 5.74) is 1.64. The molecule has 0 saturated carbocycles. The van der Waals surface area contributed by atoms with E-state index < -0.39 is 11.9 Å². The molecule has 31 heavy (non-hydrogen) atoms. The van der Waals surface area contributed by atoms with Crippen molar-refractivity contribution in [2.45, 2.75) is 6.61 Å². The van der Waals surface area contributed by atoms with Crippen molar-refractivity contribution in [2.75, 3.05) is 4.90 Å². The molecule has 1 aliphatic rings. The molecule has 0 bridgehead atoms. The van der Waals surface area contributed by atoms with Crippen LogP contribution < -0.4 is 15.0 Å². The van der Waals surface area contributed by atoms with E-state index in [9.17, 15) is 14.0 Å². The minimum Gasteiger partial charge on any atom is -0.488 e. The Morgan fingerprint density at radius 1 is 1.06 bits per heavy atom. The summed E-state index contributed by atoms with van der Waals surface area (Å²) < 4.78 is 20.1. The molecular formula is C23H15BrClFN2O3. The Kier molecular flexibility index (Phi) is 6.06. The fraction of sp³-hybridized carbons (Fsp3) is 0.0435. The molecule has 0 aliphatic carbocycles. The molecule has 3 aromatic carbocycles. The molecule has 5 nitrogen and oxygen atoms in total. The number of halogens is 3. The molecule has 1 N–H and O–H groups in total. The molecule has 0 radical (unpaired) electrons. The van der Waals surface area contributed by atoms with Crippen LogP contribution in [0.25, 0.3) is 6.08 Å². The van der Waals surface area contributed by atoms with Gasteiger partial charge in [-0.3, -0.25) is 4.79 Å². The summed E-state index contributed by atoms with van der Waals surface area (Å²) in [4.78, 5) is 26.1. The molecule has 3 aromatic rings. The van der Waals surface area contributed by atoms with Gasteiger partial charge in [0.1, 0.15) is 23.9 Å². The van der Waals surface area contributed by atoms with Crippen LogP contribution in [-0.4, -0.2) is 11.9 Å². The van der Waals surface area contributed by atoms with Crippen LogP contribution in [-0.2, 0) is 11.4 Å². The number of hydrogen-bond acceptors (Lipinski definition) is 3. The summed E-state index contributed by atoms with van der Waals surface area (Å²) in [6.45, 7) is 0.0782. The molecule has 3 amide bonds. The third kappa shape index (κ3) is 4.62. The first-order chi connectivity index (χ1) is 14.9. The zero-order valence-corrected chi connectivity index (χ0v) is 18.3. The highest BCUT2D eigenvalue weighted by atomic mass is 79.9. The SMILES string of the molecule is O=C1N/C(=C/c2ccc(OCc3ccccc3F)c(Br)c2)C(=O)N1c1cccc(Cl)c1. The quantitative estimate of drug-likeness (QED) is 0.349. The second-order valence-corrected chi connectivity index (χ2v) is 7.97. The Morgan fingerprint density at radius 2 is 1.87 bits per heavy atom. The van der Waals surface area contributed by atoms with Crippen molar-refractivity contribution >= 4 is 51.2 Å². The second-order valence-electron chi connectivity index (χ2n) is 6.68.